The molecule has 2 amide bonds. The third-order valence-electron chi connectivity index (χ3n) is 3.88. The van der Waals surface area contributed by atoms with Crippen molar-refractivity contribution in [2.45, 2.75) is 0 Å². The standard InChI is InChI=1S/C17H17BrClN3O/c18-13-5-1-3-7-15(13)20-17(23)22-11-9-21(10-12-22)16-8-4-2-6-14(16)19/h1-8H,9-12H2,(H,20,23). The molecule has 1 aliphatic rings. The average molecular weight is 395 g/mol. The first-order valence-electron chi connectivity index (χ1n) is 7.45. The van der Waals surface area contributed by atoms with E-state index in [0.717, 1.165) is 34.0 Å². The number of hydrogen-bond donors (Lipinski definition) is 1. The van der Waals surface area contributed by atoms with Gasteiger partial charge in [0.05, 0.1) is 16.4 Å². The van der Waals surface area contributed by atoms with Gasteiger partial charge in [-0.15, -0.1) is 0 Å². The van der Waals surface area contributed by atoms with Crippen molar-refractivity contribution >= 4 is 44.9 Å². The lowest BCUT2D eigenvalue weighted by atomic mass is 10.2. The number of nitrogens with one attached hydrogen (secondary N) is 1. The minimum atomic E-state index is -0.0734. The van der Waals surface area contributed by atoms with Crippen molar-refractivity contribution in [2.24, 2.45) is 0 Å². The molecular weight excluding hydrogens is 378 g/mol. The Morgan fingerprint density at radius 2 is 1.65 bits per heavy atom. The molecule has 1 heterocycles. The number of urea groups is 1. The van der Waals surface area contributed by atoms with Crippen molar-refractivity contribution in [3.63, 3.8) is 0 Å². The second-order valence-electron chi connectivity index (χ2n) is 5.34. The maximum absolute atomic E-state index is 12.4. The molecule has 120 valence electrons. The summed E-state index contributed by atoms with van der Waals surface area (Å²) in [5, 5.41) is 3.69. The molecule has 2 aromatic carbocycles. The zero-order valence-corrected chi connectivity index (χ0v) is 14.8. The molecule has 1 fully saturated rings. The quantitative estimate of drug-likeness (QED) is 0.816. The fraction of sp³-hybridized carbons (Fsp3) is 0.235. The second kappa shape index (κ2) is 7.23. The summed E-state index contributed by atoms with van der Waals surface area (Å²) in [6.45, 7) is 2.88. The van der Waals surface area contributed by atoms with Crippen LogP contribution in [0.1, 0.15) is 0 Å². The molecule has 4 nitrogen and oxygen atoms in total. The Balaban J connectivity index is 1.60. The van der Waals surface area contributed by atoms with E-state index >= 15 is 0 Å². The van der Waals surface area contributed by atoms with Crippen LogP contribution in [0.25, 0.3) is 0 Å². The number of hydrogen-bond acceptors (Lipinski definition) is 2. The lowest BCUT2D eigenvalue weighted by Gasteiger charge is -2.36. The van der Waals surface area contributed by atoms with Gasteiger partial charge in [0.1, 0.15) is 0 Å². The van der Waals surface area contributed by atoms with Gasteiger partial charge in [-0.1, -0.05) is 35.9 Å². The first-order chi connectivity index (χ1) is 11.1. The lowest BCUT2D eigenvalue weighted by Crippen LogP contribution is -2.50. The minimum Gasteiger partial charge on any atom is -0.367 e. The van der Waals surface area contributed by atoms with E-state index in [0.29, 0.717) is 13.1 Å². The van der Waals surface area contributed by atoms with Crippen LogP contribution in [0, 0.1) is 0 Å². The molecule has 0 aromatic heterocycles. The molecular formula is C17H17BrClN3O. The molecule has 0 spiro atoms. The Hall–Kier alpha value is -1.72. The predicted octanol–water partition coefficient (Wildman–Crippen LogP) is 4.46. The summed E-state index contributed by atoms with van der Waals surface area (Å²) in [4.78, 5) is 16.4. The van der Waals surface area contributed by atoms with E-state index in [9.17, 15) is 4.79 Å². The predicted molar refractivity (Wildman–Crippen MR) is 98.4 cm³/mol. The molecule has 2 aromatic rings. The monoisotopic (exact) mass is 393 g/mol. The highest BCUT2D eigenvalue weighted by Gasteiger charge is 2.22. The zero-order chi connectivity index (χ0) is 16.2. The van der Waals surface area contributed by atoms with Gasteiger partial charge in [-0.05, 0) is 40.2 Å². The topological polar surface area (TPSA) is 35.6 Å². The third kappa shape index (κ3) is 3.79. The van der Waals surface area contributed by atoms with Gasteiger partial charge in [0.2, 0.25) is 0 Å². The minimum absolute atomic E-state index is 0.0734. The van der Waals surface area contributed by atoms with Gasteiger partial charge < -0.3 is 15.1 Å². The summed E-state index contributed by atoms with van der Waals surface area (Å²) in [7, 11) is 0. The fourth-order valence-electron chi connectivity index (χ4n) is 2.62. The molecule has 23 heavy (non-hydrogen) atoms. The molecule has 0 radical (unpaired) electrons. The van der Waals surface area contributed by atoms with Gasteiger partial charge in [0, 0.05) is 30.7 Å². The van der Waals surface area contributed by atoms with E-state index in [-0.39, 0.29) is 6.03 Å². The largest absolute Gasteiger partial charge is 0.367 e. The van der Waals surface area contributed by atoms with E-state index in [1.54, 1.807) is 0 Å². The fourth-order valence-corrected chi connectivity index (χ4v) is 3.25. The van der Waals surface area contributed by atoms with Crippen LogP contribution in [-0.2, 0) is 0 Å². The van der Waals surface area contributed by atoms with Crippen LogP contribution in [0.5, 0.6) is 0 Å². The lowest BCUT2D eigenvalue weighted by molar-refractivity contribution is 0.208. The van der Waals surface area contributed by atoms with Crippen molar-refractivity contribution < 1.29 is 4.79 Å². The van der Waals surface area contributed by atoms with Crippen molar-refractivity contribution in [1.29, 1.82) is 0 Å². The van der Waals surface area contributed by atoms with Gasteiger partial charge in [0.25, 0.3) is 0 Å². The first kappa shape index (κ1) is 16.1. The zero-order valence-electron chi connectivity index (χ0n) is 12.5. The van der Waals surface area contributed by atoms with Crippen molar-refractivity contribution in [1.82, 2.24) is 4.90 Å². The van der Waals surface area contributed by atoms with Gasteiger partial charge in [0.15, 0.2) is 0 Å². The summed E-state index contributed by atoms with van der Waals surface area (Å²) >= 11 is 9.68. The van der Waals surface area contributed by atoms with Gasteiger partial charge in [-0.25, -0.2) is 4.79 Å². The number of rotatable bonds is 2. The Morgan fingerprint density at radius 3 is 2.35 bits per heavy atom. The van der Waals surface area contributed by atoms with E-state index < -0.39 is 0 Å². The number of carbonyl (C=O) groups excluding carboxylic acids is 1. The van der Waals surface area contributed by atoms with Crippen LogP contribution in [0.2, 0.25) is 5.02 Å². The highest BCUT2D eigenvalue weighted by atomic mass is 79.9. The van der Waals surface area contributed by atoms with E-state index in [1.165, 1.54) is 0 Å². The first-order valence-corrected chi connectivity index (χ1v) is 8.62. The van der Waals surface area contributed by atoms with Gasteiger partial charge in [-0.3, -0.25) is 0 Å². The summed E-state index contributed by atoms with van der Waals surface area (Å²) in [5.41, 5.74) is 1.81. The number of amides is 2. The van der Waals surface area contributed by atoms with Crippen LogP contribution in [-0.4, -0.2) is 37.1 Å². The Kier molecular flexibility index (Phi) is 5.08. The molecule has 0 bridgehead atoms. The molecule has 0 atom stereocenters. The maximum atomic E-state index is 12.4. The van der Waals surface area contributed by atoms with Gasteiger partial charge in [-0.2, -0.15) is 0 Å². The van der Waals surface area contributed by atoms with Crippen molar-refractivity contribution in [2.75, 3.05) is 36.4 Å². The van der Waals surface area contributed by atoms with E-state index in [1.807, 2.05) is 53.4 Å². The molecule has 0 aliphatic carbocycles. The molecule has 1 saturated heterocycles. The smallest absolute Gasteiger partial charge is 0.321 e. The van der Waals surface area contributed by atoms with E-state index in [4.69, 9.17) is 11.6 Å². The number of benzene rings is 2. The third-order valence-corrected chi connectivity index (χ3v) is 4.89. The summed E-state index contributed by atoms with van der Waals surface area (Å²) in [6, 6.07) is 15.3. The van der Waals surface area contributed by atoms with Crippen molar-refractivity contribution in [3.8, 4) is 0 Å². The Morgan fingerprint density at radius 1 is 1.00 bits per heavy atom. The normalized spacial score (nSPS) is 14.7. The van der Waals surface area contributed by atoms with Crippen LogP contribution < -0.4 is 10.2 Å². The number of anilines is 2. The van der Waals surface area contributed by atoms with Crippen LogP contribution in [0.4, 0.5) is 16.2 Å². The Labute approximate surface area is 149 Å². The van der Waals surface area contributed by atoms with E-state index in [2.05, 4.69) is 26.1 Å². The van der Waals surface area contributed by atoms with Crippen LogP contribution >= 0.6 is 27.5 Å². The summed E-state index contributed by atoms with van der Waals surface area (Å²) in [6.07, 6.45) is 0. The molecule has 0 unspecified atom stereocenters. The van der Waals surface area contributed by atoms with Gasteiger partial charge >= 0.3 is 6.03 Å². The summed E-state index contributed by atoms with van der Waals surface area (Å²) in [5.74, 6) is 0. The number of para-hydroxylation sites is 2. The van der Waals surface area contributed by atoms with Crippen LogP contribution in [0.3, 0.4) is 0 Å². The number of halogens is 2. The Bertz CT molecular complexity index is 702. The molecule has 0 saturated carbocycles. The number of nitrogens with zero attached hydrogens (tertiary/aromatic N) is 2. The highest BCUT2D eigenvalue weighted by molar-refractivity contribution is 9.10. The van der Waals surface area contributed by atoms with Crippen LogP contribution in [0.15, 0.2) is 53.0 Å². The highest BCUT2D eigenvalue weighted by Crippen LogP contribution is 2.26. The number of carbonyl (C=O) groups is 1. The molecule has 1 aliphatic heterocycles. The molecule has 6 heteroatoms. The SMILES string of the molecule is O=C(Nc1ccccc1Br)N1CCN(c2ccccc2Cl)CC1. The maximum Gasteiger partial charge on any atom is 0.321 e. The average Bonchev–Trinajstić information content (AvgIpc) is 2.57. The number of piperazine rings is 1. The van der Waals surface area contributed by atoms with Crippen molar-refractivity contribution in [3.05, 3.63) is 58.0 Å². The molecule has 1 N–H and O–H groups in total. The second-order valence-corrected chi connectivity index (χ2v) is 6.60. The summed E-state index contributed by atoms with van der Waals surface area (Å²) < 4.78 is 0.878. The molecule has 3 rings (SSSR count).